The smallest absolute Gasteiger partial charge is 0.310 e. The van der Waals surface area contributed by atoms with Crippen LogP contribution in [0.3, 0.4) is 0 Å². The Bertz CT molecular complexity index is 363. The summed E-state index contributed by atoms with van der Waals surface area (Å²) in [6.45, 7) is 0.631. The molecule has 1 aliphatic carbocycles. The van der Waals surface area contributed by atoms with E-state index in [0.717, 1.165) is 38.5 Å². The zero-order valence-electron chi connectivity index (χ0n) is 12.0. The van der Waals surface area contributed by atoms with Gasteiger partial charge in [-0.2, -0.15) is 0 Å². The fourth-order valence-electron chi connectivity index (χ4n) is 3.60. The molecule has 1 heterocycles. The van der Waals surface area contributed by atoms with Crippen LogP contribution in [0, 0.1) is 5.41 Å². The summed E-state index contributed by atoms with van der Waals surface area (Å²) in [5, 5.41) is 18.9. The van der Waals surface area contributed by atoms with Gasteiger partial charge in [0.25, 0.3) is 0 Å². The summed E-state index contributed by atoms with van der Waals surface area (Å²) in [6.07, 6.45) is 6.94. The molecule has 1 saturated carbocycles. The van der Waals surface area contributed by atoms with Crippen molar-refractivity contribution in [2.45, 2.75) is 63.8 Å². The highest BCUT2D eigenvalue weighted by Gasteiger charge is 2.43. The number of rotatable bonds is 4. The second kappa shape index (κ2) is 6.57. The molecular formula is C15H25NO4. The third-order valence-electron chi connectivity index (χ3n) is 4.91. The van der Waals surface area contributed by atoms with Crippen LogP contribution < -0.4 is 0 Å². The van der Waals surface area contributed by atoms with Crippen molar-refractivity contribution >= 4 is 11.9 Å². The van der Waals surface area contributed by atoms with Crippen molar-refractivity contribution in [3.63, 3.8) is 0 Å². The summed E-state index contributed by atoms with van der Waals surface area (Å²) in [5.41, 5.74) is -0.868. The Labute approximate surface area is 120 Å². The number of carboxylic acid groups (broad SMARTS) is 1. The van der Waals surface area contributed by atoms with Crippen molar-refractivity contribution < 1.29 is 19.8 Å². The average molecular weight is 283 g/mol. The molecule has 2 aliphatic rings. The molecule has 2 rings (SSSR count). The fraction of sp³-hybridized carbons (Fsp3) is 0.867. The lowest BCUT2D eigenvalue weighted by Crippen LogP contribution is -2.48. The van der Waals surface area contributed by atoms with E-state index in [1.54, 1.807) is 4.90 Å². The fourth-order valence-corrected chi connectivity index (χ4v) is 3.60. The molecule has 5 heteroatoms. The van der Waals surface area contributed by atoms with Crippen molar-refractivity contribution in [1.29, 1.82) is 0 Å². The number of amides is 1. The molecule has 0 aromatic carbocycles. The molecule has 0 radical (unpaired) electrons. The largest absolute Gasteiger partial charge is 0.481 e. The van der Waals surface area contributed by atoms with E-state index in [0.29, 0.717) is 19.4 Å². The van der Waals surface area contributed by atoms with Gasteiger partial charge in [0.1, 0.15) is 0 Å². The molecule has 1 unspecified atom stereocenters. The Morgan fingerprint density at radius 3 is 2.40 bits per heavy atom. The molecule has 5 nitrogen and oxygen atoms in total. The normalized spacial score (nSPS) is 26.2. The molecule has 0 aromatic rings. The molecule has 20 heavy (non-hydrogen) atoms. The number of carbonyl (C=O) groups excluding carboxylic acids is 1. The van der Waals surface area contributed by atoms with Gasteiger partial charge in [-0.3, -0.25) is 9.59 Å². The van der Waals surface area contributed by atoms with Crippen LogP contribution in [-0.2, 0) is 9.59 Å². The summed E-state index contributed by atoms with van der Waals surface area (Å²) in [7, 11) is 0. The van der Waals surface area contributed by atoms with Crippen LogP contribution in [-0.4, -0.2) is 46.2 Å². The van der Waals surface area contributed by atoms with E-state index in [1.807, 2.05) is 0 Å². The second-order valence-electron chi connectivity index (χ2n) is 6.24. The average Bonchev–Trinajstić information content (AvgIpc) is 2.48. The quantitative estimate of drug-likeness (QED) is 0.824. The minimum atomic E-state index is -0.868. The first-order valence-corrected chi connectivity index (χ1v) is 7.73. The zero-order valence-corrected chi connectivity index (χ0v) is 12.0. The number of carboxylic acids is 1. The highest BCUT2D eigenvalue weighted by molar-refractivity contribution is 5.85. The van der Waals surface area contributed by atoms with Crippen LogP contribution in [0.15, 0.2) is 0 Å². The predicted molar refractivity (Wildman–Crippen MR) is 74.2 cm³/mol. The Balaban J connectivity index is 2.05. The van der Waals surface area contributed by atoms with E-state index < -0.39 is 11.4 Å². The third kappa shape index (κ3) is 3.14. The lowest BCUT2D eigenvalue weighted by Gasteiger charge is -2.38. The summed E-state index contributed by atoms with van der Waals surface area (Å²) in [5.74, 6) is -0.920. The number of aliphatic hydroxyl groups excluding tert-OH is 1. The molecule has 0 bridgehead atoms. The molecule has 2 N–H and O–H groups in total. The van der Waals surface area contributed by atoms with Crippen LogP contribution in [0.1, 0.15) is 57.8 Å². The number of likely N-dealkylation sites (tertiary alicyclic amines) is 1. The lowest BCUT2D eigenvalue weighted by atomic mass is 9.71. The number of carbonyl (C=O) groups is 2. The number of aliphatic hydroxyl groups is 1. The maximum absolute atomic E-state index is 12.5. The summed E-state index contributed by atoms with van der Waals surface area (Å²) < 4.78 is 0. The maximum Gasteiger partial charge on any atom is 0.310 e. The SMILES string of the molecule is O=C(CC1(C(=O)O)CCCCC1)N1CCCCC1CO. The van der Waals surface area contributed by atoms with Gasteiger partial charge in [0, 0.05) is 13.0 Å². The first kappa shape index (κ1) is 15.3. The summed E-state index contributed by atoms with van der Waals surface area (Å²) >= 11 is 0. The first-order valence-electron chi connectivity index (χ1n) is 7.73. The van der Waals surface area contributed by atoms with Gasteiger partial charge in [-0.25, -0.2) is 0 Å². The summed E-state index contributed by atoms with van der Waals surface area (Å²) in [6, 6.07) is -0.120. The first-order chi connectivity index (χ1) is 9.59. The standard InChI is InChI=1S/C15H25NO4/c17-11-12-6-2-5-9-16(12)13(18)10-15(14(19)20)7-3-1-4-8-15/h12,17H,1-11H2,(H,19,20). The molecule has 0 aromatic heterocycles. The molecule has 1 atom stereocenters. The Kier molecular flexibility index (Phi) is 5.02. The van der Waals surface area contributed by atoms with Crippen molar-refractivity contribution in [3.8, 4) is 0 Å². The molecule has 0 spiro atoms. The number of hydrogen-bond donors (Lipinski definition) is 2. The van der Waals surface area contributed by atoms with Gasteiger partial charge in [-0.05, 0) is 32.1 Å². The van der Waals surface area contributed by atoms with Crippen molar-refractivity contribution in [2.75, 3.05) is 13.2 Å². The van der Waals surface area contributed by atoms with Crippen LogP contribution in [0.2, 0.25) is 0 Å². The Hall–Kier alpha value is -1.10. The van der Waals surface area contributed by atoms with Gasteiger partial charge in [0.15, 0.2) is 0 Å². The van der Waals surface area contributed by atoms with E-state index in [1.165, 1.54) is 0 Å². The zero-order chi connectivity index (χ0) is 14.6. The molecule has 1 amide bonds. The van der Waals surface area contributed by atoms with Gasteiger partial charge in [0.05, 0.1) is 18.1 Å². The van der Waals surface area contributed by atoms with Crippen LogP contribution in [0.25, 0.3) is 0 Å². The van der Waals surface area contributed by atoms with Gasteiger partial charge in [-0.1, -0.05) is 19.3 Å². The van der Waals surface area contributed by atoms with Gasteiger partial charge >= 0.3 is 5.97 Å². The van der Waals surface area contributed by atoms with E-state index in [4.69, 9.17) is 0 Å². The van der Waals surface area contributed by atoms with E-state index in [9.17, 15) is 19.8 Å². The molecule has 2 fully saturated rings. The number of hydrogen-bond acceptors (Lipinski definition) is 3. The van der Waals surface area contributed by atoms with Gasteiger partial charge in [0.2, 0.25) is 5.91 Å². The highest BCUT2D eigenvalue weighted by atomic mass is 16.4. The maximum atomic E-state index is 12.5. The number of piperidine rings is 1. The van der Waals surface area contributed by atoms with Crippen LogP contribution >= 0.6 is 0 Å². The minimum absolute atomic E-state index is 0.0220. The minimum Gasteiger partial charge on any atom is -0.481 e. The Morgan fingerprint density at radius 2 is 1.80 bits per heavy atom. The van der Waals surface area contributed by atoms with Crippen molar-refractivity contribution in [1.82, 2.24) is 4.90 Å². The molecular weight excluding hydrogens is 258 g/mol. The second-order valence-corrected chi connectivity index (χ2v) is 6.24. The molecule has 1 saturated heterocycles. The topological polar surface area (TPSA) is 77.8 Å². The van der Waals surface area contributed by atoms with Crippen LogP contribution in [0.5, 0.6) is 0 Å². The van der Waals surface area contributed by atoms with Gasteiger partial charge in [-0.15, -0.1) is 0 Å². The van der Waals surface area contributed by atoms with Crippen LogP contribution in [0.4, 0.5) is 0 Å². The van der Waals surface area contributed by atoms with E-state index in [2.05, 4.69) is 0 Å². The van der Waals surface area contributed by atoms with Crippen molar-refractivity contribution in [2.24, 2.45) is 5.41 Å². The molecule has 1 aliphatic heterocycles. The lowest BCUT2D eigenvalue weighted by molar-refractivity contribution is -0.157. The third-order valence-corrected chi connectivity index (χ3v) is 4.91. The van der Waals surface area contributed by atoms with Crippen molar-refractivity contribution in [3.05, 3.63) is 0 Å². The predicted octanol–water partition coefficient (Wildman–Crippen LogP) is 1.78. The highest BCUT2D eigenvalue weighted by Crippen LogP contribution is 2.40. The summed E-state index contributed by atoms with van der Waals surface area (Å²) in [4.78, 5) is 25.8. The van der Waals surface area contributed by atoms with E-state index in [-0.39, 0.29) is 25.0 Å². The number of aliphatic carboxylic acids is 1. The monoisotopic (exact) mass is 283 g/mol. The Morgan fingerprint density at radius 1 is 1.10 bits per heavy atom. The number of nitrogens with zero attached hydrogens (tertiary/aromatic N) is 1. The van der Waals surface area contributed by atoms with Gasteiger partial charge < -0.3 is 15.1 Å². The van der Waals surface area contributed by atoms with E-state index >= 15 is 0 Å². The molecule has 114 valence electrons.